The van der Waals surface area contributed by atoms with Gasteiger partial charge in [0.1, 0.15) is 16.9 Å². The van der Waals surface area contributed by atoms with Crippen LogP contribution in [0.1, 0.15) is 40.0 Å². The Morgan fingerprint density at radius 2 is 1.96 bits per heavy atom. The third kappa shape index (κ3) is 4.88. The van der Waals surface area contributed by atoms with Crippen LogP contribution in [0.4, 0.5) is 9.52 Å². The van der Waals surface area contributed by atoms with E-state index in [1.165, 1.54) is 23.5 Å². The number of amides is 2. The van der Waals surface area contributed by atoms with Crippen LogP contribution in [0.2, 0.25) is 0 Å². The molecular weight excluding hydrogens is 367 g/mol. The van der Waals surface area contributed by atoms with E-state index in [2.05, 4.69) is 15.5 Å². The van der Waals surface area contributed by atoms with Gasteiger partial charge in [-0.25, -0.2) is 4.39 Å². The average Bonchev–Trinajstić information content (AvgIpc) is 3.23. The van der Waals surface area contributed by atoms with E-state index >= 15 is 0 Å². The molecule has 1 N–H and O–H groups in total. The molecule has 0 saturated carbocycles. The lowest BCUT2D eigenvalue weighted by atomic mass is 9.91. The Morgan fingerprint density at radius 3 is 2.63 bits per heavy atom. The van der Waals surface area contributed by atoms with Crippen LogP contribution < -0.4 is 5.32 Å². The number of hydrogen-bond donors (Lipinski definition) is 1. The fourth-order valence-corrected chi connectivity index (χ4v) is 3.82. The van der Waals surface area contributed by atoms with E-state index in [0.29, 0.717) is 29.5 Å². The Bertz CT molecular complexity index is 829. The van der Waals surface area contributed by atoms with Gasteiger partial charge in [-0.05, 0) is 42.5 Å². The van der Waals surface area contributed by atoms with Gasteiger partial charge in [0, 0.05) is 18.5 Å². The molecule has 0 bridgehead atoms. The summed E-state index contributed by atoms with van der Waals surface area (Å²) in [5.74, 6) is -0.556. The molecule has 0 radical (unpaired) electrons. The molecule has 1 aliphatic heterocycles. The lowest BCUT2D eigenvalue weighted by Crippen LogP contribution is -2.44. The first-order valence-electron chi connectivity index (χ1n) is 8.93. The van der Waals surface area contributed by atoms with E-state index in [4.69, 9.17) is 0 Å². The highest BCUT2D eigenvalue weighted by atomic mass is 32.1. The van der Waals surface area contributed by atoms with Crippen molar-refractivity contribution in [1.82, 2.24) is 15.1 Å². The van der Waals surface area contributed by atoms with Crippen molar-refractivity contribution in [3.63, 3.8) is 0 Å². The molecule has 1 saturated heterocycles. The summed E-state index contributed by atoms with van der Waals surface area (Å²) >= 11 is 1.22. The molecule has 2 heterocycles. The van der Waals surface area contributed by atoms with E-state index < -0.39 is 6.04 Å². The highest BCUT2D eigenvalue weighted by Gasteiger charge is 2.35. The van der Waals surface area contributed by atoms with Crippen molar-refractivity contribution in [3.8, 4) is 10.6 Å². The largest absolute Gasteiger partial charge is 0.331 e. The first-order valence-corrected chi connectivity index (χ1v) is 9.74. The second-order valence-corrected chi connectivity index (χ2v) is 8.87. The van der Waals surface area contributed by atoms with E-state index in [0.717, 1.165) is 12.0 Å². The third-order valence-electron chi connectivity index (χ3n) is 4.30. The molecule has 1 fully saturated rings. The van der Waals surface area contributed by atoms with Gasteiger partial charge in [0.25, 0.3) is 0 Å². The zero-order valence-electron chi connectivity index (χ0n) is 15.7. The van der Waals surface area contributed by atoms with Gasteiger partial charge in [-0.15, -0.1) is 10.2 Å². The maximum Gasteiger partial charge on any atom is 0.249 e. The van der Waals surface area contributed by atoms with Crippen LogP contribution in [0.15, 0.2) is 24.3 Å². The number of benzene rings is 1. The first-order chi connectivity index (χ1) is 12.7. The second kappa shape index (κ2) is 7.72. The molecule has 2 aromatic rings. The number of likely N-dealkylation sites (tertiary alicyclic amines) is 1. The van der Waals surface area contributed by atoms with Gasteiger partial charge in [0.2, 0.25) is 16.9 Å². The normalized spacial score (nSPS) is 17.2. The number of rotatable bonds is 4. The number of halogens is 1. The van der Waals surface area contributed by atoms with Crippen molar-refractivity contribution >= 4 is 28.3 Å². The van der Waals surface area contributed by atoms with Crippen LogP contribution >= 0.6 is 11.3 Å². The monoisotopic (exact) mass is 390 g/mol. The number of carbonyl (C=O) groups excluding carboxylic acids is 2. The predicted octanol–water partition coefficient (Wildman–Crippen LogP) is 3.71. The Kier molecular flexibility index (Phi) is 5.55. The Hall–Kier alpha value is -2.35. The van der Waals surface area contributed by atoms with Crippen molar-refractivity contribution in [3.05, 3.63) is 30.1 Å². The van der Waals surface area contributed by atoms with Crippen molar-refractivity contribution in [2.24, 2.45) is 5.41 Å². The Balaban J connectivity index is 1.66. The summed E-state index contributed by atoms with van der Waals surface area (Å²) in [6.45, 7) is 6.63. The van der Waals surface area contributed by atoms with Crippen LogP contribution in [0.5, 0.6) is 0 Å². The summed E-state index contributed by atoms with van der Waals surface area (Å²) in [7, 11) is 0. The maximum atomic E-state index is 13.0. The molecule has 1 aliphatic rings. The van der Waals surface area contributed by atoms with E-state index in [-0.39, 0.29) is 23.0 Å². The summed E-state index contributed by atoms with van der Waals surface area (Å²) in [6.07, 6.45) is 1.86. The SMILES string of the molecule is CC(C)(C)CC(=O)N1CCCC1C(=O)Nc1nnc(-c2ccc(F)cc2)s1. The van der Waals surface area contributed by atoms with Crippen LogP contribution in [-0.2, 0) is 9.59 Å². The summed E-state index contributed by atoms with van der Waals surface area (Å²) in [6, 6.07) is 5.47. The molecule has 0 spiro atoms. The quantitative estimate of drug-likeness (QED) is 0.864. The third-order valence-corrected chi connectivity index (χ3v) is 5.19. The molecule has 27 heavy (non-hydrogen) atoms. The summed E-state index contributed by atoms with van der Waals surface area (Å²) in [4.78, 5) is 26.9. The highest BCUT2D eigenvalue weighted by Crippen LogP contribution is 2.28. The van der Waals surface area contributed by atoms with Gasteiger partial charge in [-0.1, -0.05) is 32.1 Å². The van der Waals surface area contributed by atoms with Crippen molar-refractivity contribution in [2.45, 2.75) is 46.1 Å². The molecule has 1 atom stereocenters. The van der Waals surface area contributed by atoms with Crippen molar-refractivity contribution in [1.29, 1.82) is 0 Å². The fourth-order valence-electron chi connectivity index (χ4n) is 3.06. The molecule has 1 unspecified atom stereocenters. The number of aromatic nitrogens is 2. The molecule has 6 nitrogen and oxygen atoms in total. The van der Waals surface area contributed by atoms with Crippen LogP contribution in [0, 0.1) is 11.2 Å². The van der Waals surface area contributed by atoms with Crippen molar-refractivity contribution in [2.75, 3.05) is 11.9 Å². The van der Waals surface area contributed by atoms with E-state index in [9.17, 15) is 14.0 Å². The number of carbonyl (C=O) groups is 2. The van der Waals surface area contributed by atoms with Gasteiger partial charge in [-0.3, -0.25) is 14.9 Å². The lowest BCUT2D eigenvalue weighted by molar-refractivity contribution is -0.138. The maximum absolute atomic E-state index is 13.0. The van der Waals surface area contributed by atoms with E-state index in [1.54, 1.807) is 17.0 Å². The lowest BCUT2D eigenvalue weighted by Gasteiger charge is -2.27. The molecule has 2 amide bonds. The van der Waals surface area contributed by atoms with Gasteiger partial charge in [-0.2, -0.15) is 0 Å². The number of nitrogens with zero attached hydrogens (tertiary/aromatic N) is 3. The topological polar surface area (TPSA) is 75.2 Å². The fraction of sp³-hybridized carbons (Fsp3) is 0.474. The number of hydrogen-bond acceptors (Lipinski definition) is 5. The summed E-state index contributed by atoms with van der Waals surface area (Å²) < 4.78 is 13.0. The highest BCUT2D eigenvalue weighted by molar-refractivity contribution is 7.18. The molecule has 1 aromatic heterocycles. The molecular formula is C19H23FN4O2S. The molecule has 144 valence electrons. The zero-order chi connectivity index (χ0) is 19.6. The number of anilines is 1. The van der Waals surface area contributed by atoms with Gasteiger partial charge in [0.05, 0.1) is 0 Å². The molecule has 1 aromatic carbocycles. The van der Waals surface area contributed by atoms with Crippen LogP contribution in [0.25, 0.3) is 10.6 Å². The summed E-state index contributed by atoms with van der Waals surface area (Å²) in [5, 5.41) is 11.8. The van der Waals surface area contributed by atoms with Gasteiger partial charge < -0.3 is 4.90 Å². The van der Waals surface area contributed by atoms with Gasteiger partial charge in [0.15, 0.2) is 0 Å². The van der Waals surface area contributed by atoms with Crippen molar-refractivity contribution < 1.29 is 14.0 Å². The molecule has 3 rings (SSSR count). The number of nitrogens with one attached hydrogen (secondary N) is 1. The molecule has 8 heteroatoms. The van der Waals surface area contributed by atoms with Gasteiger partial charge >= 0.3 is 0 Å². The Labute approximate surface area is 161 Å². The smallest absolute Gasteiger partial charge is 0.249 e. The van der Waals surface area contributed by atoms with E-state index in [1.807, 2.05) is 20.8 Å². The minimum atomic E-state index is -0.474. The second-order valence-electron chi connectivity index (χ2n) is 7.89. The van der Waals surface area contributed by atoms with Crippen LogP contribution in [0.3, 0.4) is 0 Å². The van der Waals surface area contributed by atoms with Crippen LogP contribution in [-0.4, -0.2) is 39.5 Å². The minimum Gasteiger partial charge on any atom is -0.331 e. The average molecular weight is 390 g/mol. The Morgan fingerprint density at radius 1 is 1.26 bits per heavy atom. The standard InChI is InChI=1S/C19H23FN4O2S/c1-19(2,3)11-15(25)24-10-4-5-14(24)16(26)21-18-23-22-17(27-18)12-6-8-13(20)9-7-12/h6-9,14H,4-5,10-11H2,1-3H3,(H,21,23,26). The first kappa shape index (κ1) is 19.4. The molecule has 0 aliphatic carbocycles. The predicted molar refractivity (Wildman–Crippen MR) is 103 cm³/mol. The zero-order valence-corrected chi connectivity index (χ0v) is 16.5. The summed E-state index contributed by atoms with van der Waals surface area (Å²) in [5.41, 5.74) is 0.613. The minimum absolute atomic E-state index is 0.00409.